The van der Waals surface area contributed by atoms with E-state index in [1.165, 1.54) is 6.20 Å². The van der Waals surface area contributed by atoms with Crippen LogP contribution in [0.4, 0.5) is 4.39 Å². The molecule has 1 rings (SSSR count). The number of aliphatic carboxylic acids is 1. The van der Waals surface area contributed by atoms with Gasteiger partial charge in [-0.1, -0.05) is 37.1 Å². The van der Waals surface area contributed by atoms with E-state index in [2.05, 4.69) is 9.98 Å². The molecule has 0 aliphatic heterocycles. The SMILES string of the molecule is C/C=C(\C(OCC(/C=C(\C)CC(=O)O)=C/C)=C(\F)C/C(C)=N/C=C(/N)C/N=C\CC)C1CCC1. The van der Waals surface area contributed by atoms with Crippen LogP contribution in [0.15, 0.2) is 68.4 Å². The highest BCUT2D eigenvalue weighted by molar-refractivity contribution is 5.84. The molecular formula is C27H40FN3O3. The Labute approximate surface area is 203 Å². The average Bonchev–Trinajstić information content (AvgIpc) is 2.74. The van der Waals surface area contributed by atoms with Crippen molar-refractivity contribution in [3.63, 3.8) is 0 Å². The van der Waals surface area contributed by atoms with Crippen LogP contribution < -0.4 is 5.73 Å². The zero-order valence-corrected chi connectivity index (χ0v) is 21.2. The number of rotatable bonds is 14. The zero-order valence-electron chi connectivity index (χ0n) is 21.2. The molecule has 6 nitrogen and oxygen atoms in total. The molecule has 0 radical (unpaired) electrons. The minimum absolute atomic E-state index is 0.0143. The van der Waals surface area contributed by atoms with Gasteiger partial charge in [0.15, 0.2) is 5.76 Å². The van der Waals surface area contributed by atoms with Gasteiger partial charge in [0.05, 0.1) is 13.0 Å². The smallest absolute Gasteiger partial charge is 0.307 e. The van der Waals surface area contributed by atoms with Gasteiger partial charge in [0.2, 0.25) is 0 Å². The van der Waals surface area contributed by atoms with Gasteiger partial charge in [-0.2, -0.15) is 0 Å². The zero-order chi connectivity index (χ0) is 25.5. The van der Waals surface area contributed by atoms with Crippen LogP contribution in [0.25, 0.3) is 0 Å². The van der Waals surface area contributed by atoms with Crippen LogP contribution in [0.1, 0.15) is 73.1 Å². The van der Waals surface area contributed by atoms with Gasteiger partial charge in [-0.25, -0.2) is 4.39 Å². The Hall–Kier alpha value is -2.96. The lowest BCUT2D eigenvalue weighted by atomic mass is 9.78. The molecule has 0 bridgehead atoms. The number of carboxylic acids is 1. The number of carboxylic acid groups (broad SMARTS) is 1. The fourth-order valence-corrected chi connectivity index (χ4v) is 3.44. The molecule has 0 aromatic rings. The Morgan fingerprint density at radius 3 is 2.44 bits per heavy atom. The average molecular weight is 474 g/mol. The highest BCUT2D eigenvalue weighted by Gasteiger charge is 2.27. The number of nitrogens with zero attached hydrogens (tertiary/aromatic N) is 2. The molecule has 0 spiro atoms. The topological polar surface area (TPSA) is 97.3 Å². The molecule has 1 aliphatic carbocycles. The molecule has 34 heavy (non-hydrogen) atoms. The van der Waals surface area contributed by atoms with E-state index in [1.807, 2.05) is 32.9 Å². The van der Waals surface area contributed by atoms with Crippen molar-refractivity contribution in [2.75, 3.05) is 13.2 Å². The van der Waals surface area contributed by atoms with E-state index in [9.17, 15) is 4.79 Å². The maximum atomic E-state index is 15.5. The number of nitrogens with two attached hydrogens (primary N) is 1. The third kappa shape index (κ3) is 10.8. The molecule has 3 N–H and O–H groups in total. The van der Waals surface area contributed by atoms with Crippen LogP contribution in [-0.4, -0.2) is 36.2 Å². The molecule has 0 aromatic carbocycles. The summed E-state index contributed by atoms with van der Waals surface area (Å²) in [6.07, 6.45) is 12.8. The summed E-state index contributed by atoms with van der Waals surface area (Å²) >= 11 is 0. The molecule has 0 saturated heterocycles. The fourth-order valence-electron chi connectivity index (χ4n) is 3.44. The van der Waals surface area contributed by atoms with Gasteiger partial charge in [-0.05, 0) is 70.2 Å². The second kappa shape index (κ2) is 15.8. The van der Waals surface area contributed by atoms with Crippen LogP contribution in [0.3, 0.4) is 0 Å². The first-order valence-electron chi connectivity index (χ1n) is 11.9. The third-order valence-corrected chi connectivity index (χ3v) is 5.43. The van der Waals surface area contributed by atoms with Crippen LogP contribution in [-0.2, 0) is 9.53 Å². The van der Waals surface area contributed by atoms with E-state index in [0.717, 1.165) is 36.8 Å². The molecule has 1 aliphatic rings. The first-order chi connectivity index (χ1) is 16.2. The molecule has 0 heterocycles. The summed E-state index contributed by atoms with van der Waals surface area (Å²) < 4.78 is 21.5. The standard InChI is InChI=1S/C27H40FN3O3/c1-6-12-30-16-23(29)17-31-20(5)15-25(28)27(24(8-3)22-10-9-11-22)34-18-21(7-2)13-19(4)14-26(32)33/h7-8,12-13,17,22H,6,9-11,14-16,18,29H2,1-5H3,(H,32,33)/b19-13+,21-7+,23-17+,24-8-,27-25-,30-12-,31-20+. The normalized spacial score (nSPS) is 17.6. The predicted octanol–water partition coefficient (Wildman–Crippen LogP) is 6.43. The maximum absolute atomic E-state index is 15.5. The van der Waals surface area contributed by atoms with E-state index in [1.54, 1.807) is 26.1 Å². The minimum Gasteiger partial charge on any atom is -0.486 e. The van der Waals surface area contributed by atoms with E-state index in [-0.39, 0.29) is 37.0 Å². The van der Waals surface area contributed by atoms with Crippen molar-refractivity contribution in [1.29, 1.82) is 0 Å². The molecular weight excluding hydrogens is 433 g/mol. The Bertz CT molecular complexity index is 904. The summed E-state index contributed by atoms with van der Waals surface area (Å²) in [6, 6.07) is 0. The van der Waals surface area contributed by atoms with Gasteiger partial charge < -0.3 is 15.6 Å². The highest BCUT2D eigenvalue weighted by atomic mass is 19.1. The van der Waals surface area contributed by atoms with Gasteiger partial charge in [0.1, 0.15) is 12.4 Å². The van der Waals surface area contributed by atoms with Crippen molar-refractivity contribution >= 4 is 17.9 Å². The molecule has 1 saturated carbocycles. The molecule has 0 unspecified atom stereocenters. The monoisotopic (exact) mass is 473 g/mol. The van der Waals surface area contributed by atoms with E-state index >= 15 is 4.39 Å². The van der Waals surface area contributed by atoms with Crippen LogP contribution in [0, 0.1) is 5.92 Å². The molecule has 188 valence electrons. The van der Waals surface area contributed by atoms with Crippen LogP contribution in [0.5, 0.6) is 0 Å². The summed E-state index contributed by atoms with van der Waals surface area (Å²) in [6.45, 7) is 9.78. The molecule has 0 amide bonds. The Morgan fingerprint density at radius 1 is 1.21 bits per heavy atom. The first-order valence-corrected chi connectivity index (χ1v) is 11.9. The number of aliphatic imine (C=N–C) groups is 2. The number of ether oxygens (including phenoxy) is 1. The van der Waals surface area contributed by atoms with Gasteiger partial charge in [-0.3, -0.25) is 14.8 Å². The molecule has 0 aromatic heterocycles. The summed E-state index contributed by atoms with van der Waals surface area (Å²) in [5.74, 6) is -0.721. The Morgan fingerprint density at radius 2 is 1.91 bits per heavy atom. The van der Waals surface area contributed by atoms with Crippen molar-refractivity contribution in [3.8, 4) is 0 Å². The number of hydrogen-bond donors (Lipinski definition) is 2. The van der Waals surface area contributed by atoms with Gasteiger partial charge >= 0.3 is 5.97 Å². The molecule has 1 fully saturated rings. The lowest BCUT2D eigenvalue weighted by Gasteiger charge is -2.30. The van der Waals surface area contributed by atoms with Gasteiger partial charge in [0, 0.05) is 24.0 Å². The predicted molar refractivity (Wildman–Crippen MR) is 139 cm³/mol. The number of allylic oxidation sites excluding steroid dienone is 4. The summed E-state index contributed by atoms with van der Waals surface area (Å²) in [7, 11) is 0. The first kappa shape index (κ1) is 29.1. The van der Waals surface area contributed by atoms with Crippen LogP contribution >= 0.6 is 0 Å². The second-order valence-corrected chi connectivity index (χ2v) is 8.50. The highest BCUT2D eigenvalue weighted by Crippen LogP contribution is 2.39. The van der Waals surface area contributed by atoms with Gasteiger partial charge in [0.25, 0.3) is 0 Å². The number of carbonyl (C=O) groups is 1. The number of halogens is 1. The van der Waals surface area contributed by atoms with Crippen molar-refractivity contribution in [2.45, 2.75) is 73.1 Å². The second-order valence-electron chi connectivity index (χ2n) is 8.50. The number of hydrogen-bond acceptors (Lipinski definition) is 5. The lowest BCUT2D eigenvalue weighted by Crippen LogP contribution is -2.18. The summed E-state index contributed by atoms with van der Waals surface area (Å²) in [4.78, 5) is 19.4. The maximum Gasteiger partial charge on any atom is 0.307 e. The Balaban J connectivity index is 3.08. The van der Waals surface area contributed by atoms with Crippen molar-refractivity contribution in [2.24, 2.45) is 21.6 Å². The van der Waals surface area contributed by atoms with E-state index in [0.29, 0.717) is 23.5 Å². The van der Waals surface area contributed by atoms with Gasteiger partial charge in [-0.15, -0.1) is 0 Å². The van der Waals surface area contributed by atoms with Crippen molar-refractivity contribution < 1.29 is 19.0 Å². The molecule has 0 atom stereocenters. The van der Waals surface area contributed by atoms with E-state index in [4.69, 9.17) is 15.6 Å². The van der Waals surface area contributed by atoms with Crippen LogP contribution in [0.2, 0.25) is 0 Å². The Kier molecular flexibility index (Phi) is 13.5. The largest absolute Gasteiger partial charge is 0.486 e. The quantitative estimate of drug-likeness (QED) is 0.173. The minimum atomic E-state index is -0.889. The lowest BCUT2D eigenvalue weighted by molar-refractivity contribution is -0.136. The van der Waals surface area contributed by atoms with Crippen molar-refractivity contribution in [3.05, 3.63) is 58.4 Å². The summed E-state index contributed by atoms with van der Waals surface area (Å²) in [5.41, 5.74) is 9.37. The fraction of sp³-hybridized carbons (Fsp3) is 0.519. The summed E-state index contributed by atoms with van der Waals surface area (Å²) in [5, 5.41) is 8.99. The van der Waals surface area contributed by atoms with Crippen molar-refractivity contribution in [1.82, 2.24) is 0 Å². The molecule has 7 heteroatoms. The van der Waals surface area contributed by atoms with E-state index < -0.39 is 5.97 Å². The third-order valence-electron chi connectivity index (χ3n) is 5.43.